The van der Waals surface area contributed by atoms with Crippen molar-refractivity contribution in [3.05, 3.63) is 48.3 Å². The zero-order valence-electron chi connectivity index (χ0n) is 7.93. The van der Waals surface area contributed by atoms with Crippen LogP contribution in [0, 0.1) is 0 Å². The van der Waals surface area contributed by atoms with Gasteiger partial charge in [-0.3, -0.25) is 0 Å². The van der Waals surface area contributed by atoms with Gasteiger partial charge in [-0.1, -0.05) is 0 Å². The molecule has 74 valence electrons. The summed E-state index contributed by atoms with van der Waals surface area (Å²) in [5.74, 6) is 1.41. The van der Waals surface area contributed by atoms with Crippen LogP contribution in [0.4, 0.5) is 0 Å². The molecule has 0 aromatic carbocycles. The molecule has 0 fully saturated rings. The van der Waals surface area contributed by atoms with Crippen molar-refractivity contribution in [3.63, 3.8) is 0 Å². The van der Waals surface area contributed by atoms with Crippen molar-refractivity contribution < 1.29 is 13.9 Å². The Labute approximate surface area is 82.0 Å². The van der Waals surface area contributed by atoms with Crippen LogP contribution in [0.25, 0.3) is 0 Å². The van der Waals surface area contributed by atoms with Crippen molar-refractivity contribution in [2.75, 3.05) is 6.61 Å². The molecule has 0 saturated carbocycles. The van der Waals surface area contributed by atoms with Gasteiger partial charge >= 0.3 is 0 Å². The molecule has 0 radical (unpaired) electrons. The Bertz CT molecular complexity index is 338. The highest BCUT2D eigenvalue weighted by atomic mass is 16.4. The van der Waals surface area contributed by atoms with E-state index in [9.17, 15) is 5.11 Å². The second-order valence-electron chi connectivity index (χ2n) is 3.44. The van der Waals surface area contributed by atoms with Crippen LogP contribution in [0.2, 0.25) is 0 Å². The van der Waals surface area contributed by atoms with Crippen molar-refractivity contribution in [3.8, 4) is 0 Å². The SMILES string of the molecule is CC(CO)(c1ccco1)c1ccco1. The Hall–Kier alpha value is -1.48. The van der Waals surface area contributed by atoms with Crippen LogP contribution in [-0.2, 0) is 5.41 Å². The third-order valence-electron chi connectivity index (χ3n) is 2.45. The standard InChI is InChI=1S/C11H12O3/c1-11(8-12,9-4-2-6-13-9)10-5-3-7-14-10/h2-7,12H,8H2,1H3. The summed E-state index contributed by atoms with van der Waals surface area (Å²) in [4.78, 5) is 0. The zero-order valence-corrected chi connectivity index (χ0v) is 7.93. The van der Waals surface area contributed by atoms with Crippen LogP contribution < -0.4 is 0 Å². The Morgan fingerprint density at radius 3 is 1.93 bits per heavy atom. The summed E-state index contributed by atoms with van der Waals surface area (Å²) in [6, 6.07) is 7.26. The lowest BCUT2D eigenvalue weighted by molar-refractivity contribution is 0.191. The number of hydrogen-bond donors (Lipinski definition) is 1. The molecule has 0 bridgehead atoms. The average Bonchev–Trinajstić information content (AvgIpc) is 2.88. The molecule has 2 aromatic heterocycles. The first kappa shape index (κ1) is 9.09. The molecule has 0 spiro atoms. The number of aliphatic hydroxyl groups is 1. The van der Waals surface area contributed by atoms with Crippen LogP contribution >= 0.6 is 0 Å². The van der Waals surface area contributed by atoms with E-state index in [-0.39, 0.29) is 6.61 Å². The quantitative estimate of drug-likeness (QED) is 0.810. The highest BCUT2D eigenvalue weighted by Gasteiger charge is 2.33. The maximum absolute atomic E-state index is 9.41. The lowest BCUT2D eigenvalue weighted by atomic mass is 9.86. The van der Waals surface area contributed by atoms with E-state index in [2.05, 4.69) is 0 Å². The van der Waals surface area contributed by atoms with E-state index >= 15 is 0 Å². The van der Waals surface area contributed by atoms with Gasteiger partial charge in [0.1, 0.15) is 16.9 Å². The average molecular weight is 192 g/mol. The van der Waals surface area contributed by atoms with Gasteiger partial charge in [-0.25, -0.2) is 0 Å². The molecule has 0 aliphatic carbocycles. The minimum Gasteiger partial charge on any atom is -0.468 e. The number of aliphatic hydroxyl groups excluding tert-OH is 1. The Morgan fingerprint density at radius 1 is 1.14 bits per heavy atom. The summed E-state index contributed by atoms with van der Waals surface area (Å²) < 4.78 is 10.6. The number of furan rings is 2. The summed E-state index contributed by atoms with van der Waals surface area (Å²) >= 11 is 0. The van der Waals surface area contributed by atoms with Crippen molar-refractivity contribution in [1.29, 1.82) is 0 Å². The van der Waals surface area contributed by atoms with Gasteiger partial charge < -0.3 is 13.9 Å². The number of hydrogen-bond acceptors (Lipinski definition) is 3. The first-order chi connectivity index (χ1) is 6.77. The fraction of sp³-hybridized carbons (Fsp3) is 0.273. The lowest BCUT2D eigenvalue weighted by Crippen LogP contribution is -2.26. The topological polar surface area (TPSA) is 46.5 Å². The summed E-state index contributed by atoms with van der Waals surface area (Å²) in [6.07, 6.45) is 3.18. The van der Waals surface area contributed by atoms with Gasteiger partial charge in [0.15, 0.2) is 0 Å². The maximum Gasteiger partial charge on any atom is 0.119 e. The molecule has 3 heteroatoms. The first-order valence-electron chi connectivity index (χ1n) is 4.46. The molecule has 1 N–H and O–H groups in total. The highest BCUT2D eigenvalue weighted by molar-refractivity contribution is 5.26. The van der Waals surface area contributed by atoms with Crippen LogP contribution in [-0.4, -0.2) is 11.7 Å². The molecule has 14 heavy (non-hydrogen) atoms. The Balaban J connectivity index is 2.45. The van der Waals surface area contributed by atoms with Gasteiger partial charge in [-0.2, -0.15) is 0 Å². The van der Waals surface area contributed by atoms with E-state index < -0.39 is 5.41 Å². The van der Waals surface area contributed by atoms with Crippen molar-refractivity contribution in [2.45, 2.75) is 12.3 Å². The molecule has 2 aromatic rings. The van der Waals surface area contributed by atoms with E-state index in [1.807, 2.05) is 19.1 Å². The fourth-order valence-corrected chi connectivity index (χ4v) is 1.46. The molecule has 0 unspecified atom stereocenters. The van der Waals surface area contributed by atoms with Gasteiger partial charge in [0, 0.05) is 0 Å². The van der Waals surface area contributed by atoms with Gasteiger partial charge in [-0.05, 0) is 31.2 Å². The van der Waals surface area contributed by atoms with E-state index in [1.165, 1.54) is 0 Å². The molecule has 0 saturated heterocycles. The molecule has 0 atom stereocenters. The summed E-state index contributed by atoms with van der Waals surface area (Å²) in [5.41, 5.74) is -0.590. The second-order valence-corrected chi connectivity index (χ2v) is 3.44. The van der Waals surface area contributed by atoms with Crippen molar-refractivity contribution in [1.82, 2.24) is 0 Å². The maximum atomic E-state index is 9.41. The Morgan fingerprint density at radius 2 is 1.64 bits per heavy atom. The van der Waals surface area contributed by atoms with Crippen LogP contribution in [0.1, 0.15) is 18.4 Å². The monoisotopic (exact) mass is 192 g/mol. The van der Waals surface area contributed by atoms with Gasteiger partial charge in [0.2, 0.25) is 0 Å². The fourth-order valence-electron chi connectivity index (χ4n) is 1.46. The zero-order chi connectivity index (χ0) is 10.0. The molecule has 2 rings (SSSR count). The molecule has 0 amide bonds. The third-order valence-corrected chi connectivity index (χ3v) is 2.45. The largest absolute Gasteiger partial charge is 0.468 e. The van der Waals surface area contributed by atoms with Crippen molar-refractivity contribution >= 4 is 0 Å². The lowest BCUT2D eigenvalue weighted by Gasteiger charge is -2.21. The third kappa shape index (κ3) is 1.26. The highest BCUT2D eigenvalue weighted by Crippen LogP contribution is 2.31. The minimum absolute atomic E-state index is 0.0476. The van der Waals surface area contributed by atoms with Crippen LogP contribution in [0.5, 0.6) is 0 Å². The van der Waals surface area contributed by atoms with E-state index in [1.54, 1.807) is 24.7 Å². The molecular formula is C11H12O3. The van der Waals surface area contributed by atoms with Gasteiger partial charge in [0.05, 0.1) is 19.1 Å². The van der Waals surface area contributed by atoms with Crippen LogP contribution in [0.15, 0.2) is 45.6 Å². The van der Waals surface area contributed by atoms with Crippen LogP contribution in [0.3, 0.4) is 0 Å². The smallest absolute Gasteiger partial charge is 0.119 e. The molecular weight excluding hydrogens is 180 g/mol. The normalized spacial score (nSPS) is 11.9. The van der Waals surface area contributed by atoms with E-state index in [4.69, 9.17) is 8.83 Å². The second kappa shape index (κ2) is 3.35. The van der Waals surface area contributed by atoms with Gasteiger partial charge in [0.25, 0.3) is 0 Å². The summed E-state index contributed by atoms with van der Waals surface area (Å²) in [7, 11) is 0. The predicted octanol–water partition coefficient (Wildman–Crippen LogP) is 2.17. The van der Waals surface area contributed by atoms with E-state index in [0.29, 0.717) is 11.5 Å². The molecule has 2 heterocycles. The first-order valence-corrected chi connectivity index (χ1v) is 4.46. The van der Waals surface area contributed by atoms with Crippen molar-refractivity contribution in [2.24, 2.45) is 0 Å². The minimum atomic E-state index is -0.590. The molecule has 0 aliphatic heterocycles. The van der Waals surface area contributed by atoms with Gasteiger partial charge in [-0.15, -0.1) is 0 Å². The summed E-state index contributed by atoms with van der Waals surface area (Å²) in [6.45, 7) is 1.83. The van der Waals surface area contributed by atoms with E-state index in [0.717, 1.165) is 0 Å². The number of rotatable bonds is 3. The Kier molecular flexibility index (Phi) is 2.17. The predicted molar refractivity (Wildman–Crippen MR) is 51.0 cm³/mol. The molecule has 3 nitrogen and oxygen atoms in total. The molecule has 0 aliphatic rings. The summed E-state index contributed by atoms with van der Waals surface area (Å²) in [5, 5.41) is 9.41.